The predicted molar refractivity (Wildman–Crippen MR) is 58.4 cm³/mol. The van der Waals surface area contributed by atoms with Crippen molar-refractivity contribution in [2.75, 3.05) is 7.11 Å². The first-order valence-corrected chi connectivity index (χ1v) is 5.41. The molecule has 0 aliphatic heterocycles. The fraction of sp³-hybridized carbons (Fsp3) is 0.300. The first kappa shape index (κ1) is 9.99. The summed E-state index contributed by atoms with van der Waals surface area (Å²) in [6, 6.07) is 3.64. The molecule has 0 spiro atoms. The number of benzene rings is 1. The largest absolute Gasteiger partial charge is 0.496 e. The van der Waals surface area contributed by atoms with Crippen LogP contribution >= 0.6 is 27.5 Å². The summed E-state index contributed by atoms with van der Waals surface area (Å²) in [5.41, 5.74) is 1.67. The number of Topliss-reactive ketones (excluding diaryl/α,β-unsaturated/α-hetero) is 1. The first-order valence-electron chi connectivity index (χ1n) is 4.18. The normalized spacial score (nSPS) is 19.6. The topological polar surface area (TPSA) is 26.3 Å². The molecule has 1 aliphatic rings. The molecule has 0 bridgehead atoms. The van der Waals surface area contributed by atoms with Crippen LogP contribution in [0.3, 0.4) is 0 Å². The smallest absolute Gasteiger partial charge is 0.181 e. The van der Waals surface area contributed by atoms with Gasteiger partial charge in [-0.3, -0.25) is 4.79 Å². The van der Waals surface area contributed by atoms with Gasteiger partial charge in [0.1, 0.15) is 11.1 Å². The average molecular weight is 276 g/mol. The van der Waals surface area contributed by atoms with Crippen LogP contribution < -0.4 is 4.74 Å². The van der Waals surface area contributed by atoms with Crippen molar-refractivity contribution in [3.63, 3.8) is 0 Å². The van der Waals surface area contributed by atoms with E-state index in [1.54, 1.807) is 13.2 Å². The molecule has 0 saturated heterocycles. The number of ketones is 1. The van der Waals surface area contributed by atoms with Crippen LogP contribution in [0, 0.1) is 0 Å². The number of methoxy groups -OCH3 is 1. The van der Waals surface area contributed by atoms with E-state index < -0.39 is 5.38 Å². The van der Waals surface area contributed by atoms with Gasteiger partial charge in [-0.1, -0.05) is 0 Å². The van der Waals surface area contributed by atoms with Crippen LogP contribution in [0.5, 0.6) is 5.75 Å². The monoisotopic (exact) mass is 274 g/mol. The van der Waals surface area contributed by atoms with Gasteiger partial charge in [0.05, 0.1) is 11.6 Å². The third kappa shape index (κ3) is 1.44. The van der Waals surface area contributed by atoms with Crippen LogP contribution in [-0.4, -0.2) is 18.3 Å². The summed E-state index contributed by atoms with van der Waals surface area (Å²) in [5.74, 6) is 0.662. The van der Waals surface area contributed by atoms with Crippen LogP contribution in [0.2, 0.25) is 0 Å². The molecule has 0 fully saturated rings. The van der Waals surface area contributed by atoms with Gasteiger partial charge in [0.15, 0.2) is 5.78 Å². The predicted octanol–water partition coefficient (Wildman–Crippen LogP) is 2.80. The lowest BCUT2D eigenvalue weighted by atomic mass is 10.1. The summed E-state index contributed by atoms with van der Waals surface area (Å²) in [5, 5.41) is -0.413. The molecular formula is C10H8BrClO2. The fourth-order valence-corrected chi connectivity index (χ4v) is 2.44. The average Bonchev–Trinajstić information content (AvgIpc) is 2.41. The minimum absolute atomic E-state index is 0.00698. The highest BCUT2D eigenvalue weighted by molar-refractivity contribution is 9.10. The van der Waals surface area contributed by atoms with Gasteiger partial charge in [-0.15, -0.1) is 11.6 Å². The first-order chi connectivity index (χ1) is 6.63. The second-order valence-corrected chi connectivity index (χ2v) is 4.56. The molecule has 0 radical (unpaired) electrons. The Morgan fingerprint density at radius 3 is 2.93 bits per heavy atom. The van der Waals surface area contributed by atoms with E-state index in [0.29, 0.717) is 17.7 Å². The van der Waals surface area contributed by atoms with E-state index in [-0.39, 0.29) is 5.78 Å². The van der Waals surface area contributed by atoms with Gasteiger partial charge in [0, 0.05) is 5.56 Å². The molecule has 1 aromatic carbocycles. The molecular weight excluding hydrogens is 267 g/mol. The van der Waals surface area contributed by atoms with E-state index >= 15 is 0 Å². The number of hydrogen-bond donors (Lipinski definition) is 0. The zero-order valence-corrected chi connectivity index (χ0v) is 9.85. The SMILES string of the molecule is COc1cc2c(cc1Br)CC(Cl)C2=O. The van der Waals surface area contributed by atoms with E-state index in [1.165, 1.54) is 0 Å². The molecule has 0 amide bonds. The maximum atomic E-state index is 11.6. The summed E-state index contributed by atoms with van der Waals surface area (Å²) in [6.07, 6.45) is 0.609. The zero-order chi connectivity index (χ0) is 10.3. The van der Waals surface area contributed by atoms with Gasteiger partial charge in [-0.2, -0.15) is 0 Å². The minimum Gasteiger partial charge on any atom is -0.496 e. The van der Waals surface area contributed by atoms with Crippen molar-refractivity contribution in [3.8, 4) is 5.75 Å². The van der Waals surface area contributed by atoms with Crippen molar-refractivity contribution < 1.29 is 9.53 Å². The van der Waals surface area contributed by atoms with E-state index in [4.69, 9.17) is 16.3 Å². The molecule has 14 heavy (non-hydrogen) atoms. The molecule has 1 aliphatic carbocycles. The highest BCUT2D eigenvalue weighted by Crippen LogP contribution is 2.34. The molecule has 2 nitrogen and oxygen atoms in total. The van der Waals surface area contributed by atoms with E-state index in [9.17, 15) is 4.79 Å². The van der Waals surface area contributed by atoms with Gasteiger partial charge < -0.3 is 4.74 Å². The van der Waals surface area contributed by atoms with Crippen LogP contribution in [0.1, 0.15) is 15.9 Å². The molecule has 1 unspecified atom stereocenters. The highest BCUT2D eigenvalue weighted by Gasteiger charge is 2.29. The molecule has 0 N–H and O–H groups in total. The summed E-state index contributed by atoms with van der Waals surface area (Å²) in [6.45, 7) is 0. The Kier molecular flexibility index (Phi) is 2.54. The second-order valence-electron chi connectivity index (χ2n) is 3.18. The lowest BCUT2D eigenvalue weighted by Gasteiger charge is -2.05. The van der Waals surface area contributed by atoms with Crippen molar-refractivity contribution in [2.45, 2.75) is 11.8 Å². The summed E-state index contributed by atoms with van der Waals surface area (Å²) < 4.78 is 5.97. The third-order valence-electron chi connectivity index (χ3n) is 2.33. The minimum atomic E-state index is -0.413. The van der Waals surface area contributed by atoms with Crippen molar-refractivity contribution in [1.82, 2.24) is 0 Å². The van der Waals surface area contributed by atoms with Crippen molar-refractivity contribution in [3.05, 3.63) is 27.7 Å². The number of alkyl halides is 1. The number of rotatable bonds is 1. The summed E-state index contributed by atoms with van der Waals surface area (Å²) in [4.78, 5) is 11.6. The number of hydrogen-bond acceptors (Lipinski definition) is 2. The molecule has 4 heteroatoms. The highest BCUT2D eigenvalue weighted by atomic mass is 79.9. The Hall–Kier alpha value is -0.540. The van der Waals surface area contributed by atoms with E-state index in [1.807, 2.05) is 6.07 Å². The quantitative estimate of drug-likeness (QED) is 0.737. The second kappa shape index (κ2) is 3.55. The van der Waals surface area contributed by atoms with Gasteiger partial charge in [0.25, 0.3) is 0 Å². The maximum Gasteiger partial charge on any atom is 0.181 e. The van der Waals surface area contributed by atoms with E-state index in [2.05, 4.69) is 15.9 Å². The summed E-state index contributed by atoms with van der Waals surface area (Å²) >= 11 is 9.24. The van der Waals surface area contributed by atoms with Crippen LogP contribution in [0.15, 0.2) is 16.6 Å². The van der Waals surface area contributed by atoms with Crippen LogP contribution in [0.4, 0.5) is 0 Å². The Bertz CT molecular complexity index is 403. The van der Waals surface area contributed by atoms with E-state index in [0.717, 1.165) is 10.0 Å². The van der Waals surface area contributed by atoms with Gasteiger partial charge in [0.2, 0.25) is 0 Å². The van der Waals surface area contributed by atoms with Crippen molar-refractivity contribution in [1.29, 1.82) is 0 Å². The molecule has 0 saturated carbocycles. The molecule has 1 atom stereocenters. The standard InChI is InChI=1S/C10H8BrClO2/c1-14-9-4-6-5(2-7(9)11)3-8(12)10(6)13/h2,4,8H,3H2,1H3. The Morgan fingerprint density at radius 2 is 2.29 bits per heavy atom. The molecule has 2 rings (SSSR count). The van der Waals surface area contributed by atoms with Crippen molar-refractivity contribution in [2.24, 2.45) is 0 Å². The number of ether oxygens (including phenoxy) is 1. The van der Waals surface area contributed by atoms with Gasteiger partial charge in [-0.05, 0) is 40.0 Å². The lowest BCUT2D eigenvalue weighted by molar-refractivity contribution is 0.0998. The zero-order valence-electron chi connectivity index (χ0n) is 7.51. The molecule has 1 aromatic rings. The third-order valence-corrected chi connectivity index (χ3v) is 3.30. The number of carbonyl (C=O) groups excluding carboxylic acids is 1. The Labute approximate surface area is 95.3 Å². The maximum absolute atomic E-state index is 11.6. The Balaban J connectivity index is 2.55. The van der Waals surface area contributed by atoms with Gasteiger partial charge in [-0.25, -0.2) is 0 Å². The number of halogens is 2. The molecule has 0 aromatic heterocycles. The Morgan fingerprint density at radius 1 is 1.57 bits per heavy atom. The number of carbonyl (C=O) groups is 1. The van der Waals surface area contributed by atoms with Crippen molar-refractivity contribution >= 4 is 33.3 Å². The van der Waals surface area contributed by atoms with Crippen LogP contribution in [0.25, 0.3) is 0 Å². The molecule has 74 valence electrons. The van der Waals surface area contributed by atoms with Gasteiger partial charge >= 0.3 is 0 Å². The number of fused-ring (bicyclic) bond motifs is 1. The fourth-order valence-electron chi connectivity index (χ4n) is 1.60. The van der Waals surface area contributed by atoms with Crippen LogP contribution in [-0.2, 0) is 6.42 Å². The summed E-state index contributed by atoms with van der Waals surface area (Å²) in [7, 11) is 1.57. The molecule has 0 heterocycles. The lowest BCUT2D eigenvalue weighted by Crippen LogP contribution is -2.06.